The Kier molecular flexibility index (Phi) is 7.66. The monoisotopic (exact) mass is 359 g/mol. The highest BCUT2D eigenvalue weighted by Gasteiger charge is 2.25. The predicted molar refractivity (Wildman–Crippen MR) is 106 cm³/mol. The van der Waals surface area contributed by atoms with E-state index in [1.165, 1.54) is 28.8 Å². The van der Waals surface area contributed by atoms with Crippen LogP contribution in [0.2, 0.25) is 0 Å². The van der Waals surface area contributed by atoms with E-state index in [1.54, 1.807) is 11.3 Å². The van der Waals surface area contributed by atoms with Crippen molar-refractivity contribution < 1.29 is 10.1 Å². The second-order valence-corrected chi connectivity index (χ2v) is 7.96. The van der Waals surface area contributed by atoms with Crippen LogP contribution < -0.4 is 10.6 Å². The highest BCUT2D eigenvalue weighted by molar-refractivity contribution is 7.10. The summed E-state index contributed by atoms with van der Waals surface area (Å²) in [7, 11) is 0. The normalized spacial score (nSPS) is 13.6. The molecule has 0 aliphatic carbocycles. The van der Waals surface area contributed by atoms with Gasteiger partial charge in [0, 0.05) is 11.6 Å². The lowest BCUT2D eigenvalue weighted by Gasteiger charge is -2.20. The molecule has 0 bridgehead atoms. The van der Waals surface area contributed by atoms with E-state index in [0.717, 1.165) is 6.42 Å². The molecule has 0 saturated carbocycles. The average molecular weight is 360 g/mol. The fraction of sp³-hybridized carbons (Fsp3) is 0.476. The number of quaternary nitrogens is 1. The van der Waals surface area contributed by atoms with Gasteiger partial charge < -0.3 is 10.6 Å². The van der Waals surface area contributed by atoms with Gasteiger partial charge in [0.2, 0.25) is 0 Å². The maximum absolute atomic E-state index is 12.3. The maximum atomic E-state index is 12.3. The molecule has 2 atom stereocenters. The number of thiophene rings is 1. The Morgan fingerprint density at radius 2 is 1.88 bits per heavy atom. The van der Waals surface area contributed by atoms with Crippen molar-refractivity contribution in [2.45, 2.75) is 65.1 Å². The lowest BCUT2D eigenvalue weighted by atomic mass is 10.0. The van der Waals surface area contributed by atoms with Crippen molar-refractivity contribution >= 4 is 17.2 Å². The number of nitrogens with one attached hydrogen (secondary N) is 1. The Morgan fingerprint density at radius 1 is 1.16 bits per heavy atom. The third-order valence-corrected chi connectivity index (χ3v) is 5.29. The van der Waals surface area contributed by atoms with Crippen LogP contribution in [0.15, 0.2) is 41.8 Å². The van der Waals surface area contributed by atoms with Crippen LogP contribution in [0.5, 0.6) is 0 Å². The zero-order valence-electron chi connectivity index (χ0n) is 15.8. The third kappa shape index (κ3) is 5.98. The second-order valence-electron chi connectivity index (χ2n) is 6.98. The average Bonchev–Trinajstić information content (AvgIpc) is 3.12. The van der Waals surface area contributed by atoms with E-state index < -0.39 is 0 Å². The first-order valence-electron chi connectivity index (χ1n) is 9.28. The molecule has 0 radical (unpaired) electrons. The summed E-state index contributed by atoms with van der Waals surface area (Å²) in [5.74, 6) is 0.0936. The van der Waals surface area contributed by atoms with Crippen LogP contribution in [-0.2, 0) is 11.2 Å². The summed E-state index contributed by atoms with van der Waals surface area (Å²) in [4.78, 5) is 13.6. The van der Waals surface area contributed by atoms with E-state index in [-0.39, 0.29) is 24.0 Å². The summed E-state index contributed by atoms with van der Waals surface area (Å²) < 4.78 is 0. The zero-order valence-corrected chi connectivity index (χ0v) is 16.6. The van der Waals surface area contributed by atoms with E-state index >= 15 is 0 Å². The number of amides is 1. The van der Waals surface area contributed by atoms with Gasteiger partial charge >= 0.3 is 0 Å². The van der Waals surface area contributed by atoms with Gasteiger partial charge in [-0.05, 0) is 50.6 Å². The van der Waals surface area contributed by atoms with Crippen molar-refractivity contribution in [3.05, 3.63) is 57.8 Å². The van der Waals surface area contributed by atoms with Crippen molar-refractivity contribution in [1.82, 2.24) is 5.32 Å². The van der Waals surface area contributed by atoms with Gasteiger partial charge in [0.25, 0.3) is 5.91 Å². The van der Waals surface area contributed by atoms with E-state index in [4.69, 9.17) is 0 Å². The molecule has 0 aliphatic rings. The van der Waals surface area contributed by atoms with Gasteiger partial charge in [-0.2, -0.15) is 0 Å². The fourth-order valence-corrected chi connectivity index (χ4v) is 3.74. The van der Waals surface area contributed by atoms with Gasteiger partial charge in [0.05, 0.1) is 4.88 Å². The number of hydrogen-bond donors (Lipinski definition) is 2. The van der Waals surface area contributed by atoms with E-state index in [1.807, 2.05) is 20.8 Å². The summed E-state index contributed by atoms with van der Waals surface area (Å²) in [5, 5.41) is 7.28. The number of aryl methyl sites for hydroxylation is 1. The number of carbonyl (C=O) groups is 1. The Bertz CT molecular complexity index is 634. The van der Waals surface area contributed by atoms with Crippen LogP contribution >= 0.6 is 11.3 Å². The van der Waals surface area contributed by atoms with E-state index in [9.17, 15) is 4.79 Å². The van der Waals surface area contributed by atoms with Crippen molar-refractivity contribution in [2.75, 3.05) is 0 Å². The number of carbonyl (C=O) groups excluding carboxylic acids is 1. The summed E-state index contributed by atoms with van der Waals surface area (Å²) in [6, 6.07) is 13.3. The van der Waals surface area contributed by atoms with Gasteiger partial charge in [-0.1, -0.05) is 43.7 Å². The summed E-state index contributed by atoms with van der Waals surface area (Å²) in [5.41, 5.74) is 2.65. The largest absolute Gasteiger partial charge is 0.349 e. The molecule has 2 aromatic rings. The minimum absolute atomic E-state index is 0.0936. The summed E-state index contributed by atoms with van der Waals surface area (Å²) >= 11 is 1.75. The standard InChI is InChI=1S/C21H30N2OS/c1-5-6-8-17-10-12-18(13-11-17)20(19-9-7-14-25-19)23-16(4)21(24)22-15(2)3/h7,9-16,20,23H,5-6,8H2,1-4H3,(H,22,24)/p+1/t16-,20+/m0/s1. The Balaban J connectivity index is 2.15. The first kappa shape index (κ1) is 19.7. The molecule has 25 heavy (non-hydrogen) atoms. The quantitative estimate of drug-likeness (QED) is 0.705. The minimum atomic E-state index is -0.130. The van der Waals surface area contributed by atoms with Crippen LogP contribution in [0.25, 0.3) is 0 Å². The molecule has 4 heteroatoms. The number of nitrogens with two attached hydrogens (primary N) is 1. The summed E-state index contributed by atoms with van der Waals surface area (Å²) in [6.45, 7) is 8.19. The third-order valence-electron chi connectivity index (χ3n) is 4.33. The highest BCUT2D eigenvalue weighted by atomic mass is 32.1. The molecule has 0 aliphatic heterocycles. The molecule has 1 amide bonds. The number of unbranched alkanes of at least 4 members (excludes halogenated alkanes) is 1. The Hall–Kier alpha value is -1.65. The lowest BCUT2D eigenvalue weighted by molar-refractivity contribution is -0.704. The van der Waals surface area contributed by atoms with E-state index in [0.29, 0.717) is 0 Å². The van der Waals surface area contributed by atoms with E-state index in [2.05, 4.69) is 59.3 Å². The van der Waals surface area contributed by atoms with Crippen molar-refractivity contribution in [1.29, 1.82) is 0 Å². The molecular weight excluding hydrogens is 328 g/mol. The first-order chi connectivity index (χ1) is 12.0. The van der Waals surface area contributed by atoms with Crippen molar-refractivity contribution in [3.8, 4) is 0 Å². The minimum Gasteiger partial charge on any atom is -0.349 e. The number of rotatable bonds is 9. The second kappa shape index (κ2) is 9.73. The fourth-order valence-electron chi connectivity index (χ4n) is 2.90. The van der Waals surface area contributed by atoms with Crippen molar-refractivity contribution in [2.24, 2.45) is 0 Å². The highest BCUT2D eigenvalue weighted by Crippen LogP contribution is 2.23. The van der Waals surface area contributed by atoms with Gasteiger partial charge in [0.15, 0.2) is 6.04 Å². The molecule has 0 unspecified atom stereocenters. The number of hydrogen-bond acceptors (Lipinski definition) is 2. The SMILES string of the molecule is CCCCc1ccc([C@@H]([NH2+][C@@H](C)C(=O)NC(C)C)c2cccs2)cc1. The molecular formula is C21H31N2OS+. The van der Waals surface area contributed by atoms with Crippen LogP contribution in [-0.4, -0.2) is 18.0 Å². The molecule has 3 N–H and O–H groups in total. The van der Waals surface area contributed by atoms with Crippen molar-refractivity contribution in [3.63, 3.8) is 0 Å². The molecule has 0 fully saturated rings. The van der Waals surface area contributed by atoms with Gasteiger partial charge in [0.1, 0.15) is 6.04 Å². The molecule has 1 aromatic carbocycles. The molecule has 3 nitrogen and oxygen atoms in total. The Labute approximate surface area is 155 Å². The molecule has 0 spiro atoms. The molecule has 1 aromatic heterocycles. The van der Waals surface area contributed by atoms with Gasteiger partial charge in [-0.15, -0.1) is 11.3 Å². The Morgan fingerprint density at radius 3 is 2.44 bits per heavy atom. The van der Waals surface area contributed by atoms with Gasteiger partial charge in [-0.3, -0.25) is 4.79 Å². The van der Waals surface area contributed by atoms with Crippen LogP contribution in [0.4, 0.5) is 0 Å². The van der Waals surface area contributed by atoms with Crippen LogP contribution in [0, 0.1) is 0 Å². The maximum Gasteiger partial charge on any atom is 0.278 e. The van der Waals surface area contributed by atoms with Crippen LogP contribution in [0.3, 0.4) is 0 Å². The molecule has 0 saturated heterocycles. The molecule has 136 valence electrons. The summed E-state index contributed by atoms with van der Waals surface area (Å²) in [6.07, 6.45) is 3.58. The van der Waals surface area contributed by atoms with Gasteiger partial charge in [-0.25, -0.2) is 0 Å². The topological polar surface area (TPSA) is 45.7 Å². The first-order valence-corrected chi connectivity index (χ1v) is 10.2. The predicted octanol–water partition coefficient (Wildman–Crippen LogP) is 3.66. The molecule has 2 rings (SSSR count). The molecule has 1 heterocycles. The lowest BCUT2D eigenvalue weighted by Crippen LogP contribution is -2.92. The number of benzene rings is 1. The zero-order chi connectivity index (χ0) is 18.2. The van der Waals surface area contributed by atoms with Crippen LogP contribution in [0.1, 0.15) is 62.6 Å². The smallest absolute Gasteiger partial charge is 0.278 e.